The van der Waals surface area contributed by atoms with E-state index >= 15 is 0 Å². The van der Waals surface area contributed by atoms with Gasteiger partial charge in [-0.2, -0.15) is 0 Å². The number of fused-ring (bicyclic) bond motifs is 1. The summed E-state index contributed by atoms with van der Waals surface area (Å²) in [7, 11) is 0. The lowest BCUT2D eigenvalue weighted by molar-refractivity contribution is 0.100. The Morgan fingerprint density at radius 1 is 1.18 bits per heavy atom. The van der Waals surface area contributed by atoms with Gasteiger partial charge in [0.2, 0.25) is 5.91 Å². The van der Waals surface area contributed by atoms with E-state index < -0.39 is 0 Å². The van der Waals surface area contributed by atoms with Gasteiger partial charge in [-0.05, 0) is 86.1 Å². The highest BCUT2D eigenvalue weighted by Crippen LogP contribution is 2.41. The molecule has 0 bridgehead atoms. The van der Waals surface area contributed by atoms with Crippen molar-refractivity contribution in [3.63, 3.8) is 0 Å². The van der Waals surface area contributed by atoms with Gasteiger partial charge in [0, 0.05) is 24.6 Å². The first-order valence-electron chi connectivity index (χ1n) is 12.6. The summed E-state index contributed by atoms with van der Waals surface area (Å²) in [5.74, 6) is 2.34. The molecule has 2 aliphatic rings. The van der Waals surface area contributed by atoms with Crippen LogP contribution in [-0.4, -0.2) is 25.6 Å². The fraction of sp³-hybridized carbons (Fsp3) is 0.483. The van der Waals surface area contributed by atoms with Crippen LogP contribution < -0.4 is 15.4 Å². The molecule has 33 heavy (non-hydrogen) atoms. The highest BCUT2D eigenvalue weighted by atomic mass is 16.5. The number of anilines is 1. The summed E-state index contributed by atoms with van der Waals surface area (Å²) in [6, 6.07) is 14.6. The summed E-state index contributed by atoms with van der Waals surface area (Å²) in [6.45, 7) is 8.83. The minimum atomic E-state index is -0.388. The van der Waals surface area contributed by atoms with Gasteiger partial charge in [0.25, 0.3) is 0 Å². The van der Waals surface area contributed by atoms with Gasteiger partial charge in [0.15, 0.2) is 0 Å². The lowest BCUT2D eigenvalue weighted by Crippen LogP contribution is -2.40. The Labute approximate surface area is 198 Å². The van der Waals surface area contributed by atoms with Crippen molar-refractivity contribution in [1.29, 1.82) is 0 Å². The van der Waals surface area contributed by atoms with Gasteiger partial charge in [-0.3, -0.25) is 4.79 Å². The number of rotatable bonds is 10. The Morgan fingerprint density at radius 3 is 2.73 bits per heavy atom. The van der Waals surface area contributed by atoms with Gasteiger partial charge in [-0.25, -0.2) is 0 Å². The third kappa shape index (κ3) is 5.79. The third-order valence-electron chi connectivity index (χ3n) is 7.51. The number of carbonyl (C=O) groups excluding carboxylic acids is 1. The summed E-state index contributed by atoms with van der Waals surface area (Å²) in [5, 5.41) is 0. The van der Waals surface area contributed by atoms with Crippen LogP contribution >= 0.6 is 0 Å². The molecule has 1 fully saturated rings. The number of amides is 1. The average molecular weight is 447 g/mol. The molecule has 2 N–H and O–H groups in total. The third-order valence-corrected chi connectivity index (χ3v) is 7.51. The lowest BCUT2D eigenvalue weighted by Gasteiger charge is -2.40. The van der Waals surface area contributed by atoms with E-state index in [0.717, 1.165) is 69.2 Å². The number of nitrogens with two attached hydrogens (primary N) is 1. The largest absolute Gasteiger partial charge is 0.491 e. The first kappa shape index (κ1) is 23.4. The number of hydrogen-bond acceptors (Lipinski definition) is 3. The van der Waals surface area contributed by atoms with Crippen molar-refractivity contribution < 1.29 is 9.53 Å². The monoisotopic (exact) mass is 446 g/mol. The van der Waals surface area contributed by atoms with Crippen LogP contribution in [0.2, 0.25) is 0 Å². The molecule has 4 rings (SSSR count). The summed E-state index contributed by atoms with van der Waals surface area (Å²) in [5.41, 5.74) is 10.00. The standard InChI is InChI=1S/C29H38N2O2/c1-3-7-24-12-13-26(24)19-31-18-23(11-6-10-22-9-5-8-21(4-2)16-22)20-33-28-15-14-25(29(30)32)17-27(28)31/h3,5,8-9,14-17,23-24,26H,1,4,6-7,10-13,18-20H2,2H3,(H2,30,32)/t23?,24-,26+/m1/s1. The molecule has 176 valence electrons. The highest BCUT2D eigenvalue weighted by Gasteiger charge is 2.33. The van der Waals surface area contributed by atoms with Crippen LogP contribution in [-0.2, 0) is 12.8 Å². The van der Waals surface area contributed by atoms with Gasteiger partial charge >= 0.3 is 0 Å². The van der Waals surface area contributed by atoms with Crippen LogP contribution in [0.15, 0.2) is 55.1 Å². The van der Waals surface area contributed by atoms with E-state index in [0.29, 0.717) is 17.4 Å². The lowest BCUT2D eigenvalue weighted by atomic mass is 9.71. The maximum Gasteiger partial charge on any atom is 0.248 e. The molecule has 3 atom stereocenters. The van der Waals surface area contributed by atoms with Gasteiger partial charge in [-0.15, -0.1) is 6.58 Å². The Hall–Kier alpha value is -2.75. The molecule has 4 nitrogen and oxygen atoms in total. The quantitative estimate of drug-likeness (QED) is 0.470. The van der Waals surface area contributed by atoms with Crippen LogP contribution in [0.3, 0.4) is 0 Å². The molecule has 4 heteroatoms. The molecule has 1 heterocycles. The summed E-state index contributed by atoms with van der Waals surface area (Å²) in [4.78, 5) is 14.3. The van der Waals surface area contributed by atoms with Crippen molar-refractivity contribution in [3.8, 4) is 5.75 Å². The number of ether oxygens (including phenoxy) is 1. The van der Waals surface area contributed by atoms with Crippen molar-refractivity contribution in [2.75, 3.05) is 24.6 Å². The molecule has 2 aromatic carbocycles. The van der Waals surface area contributed by atoms with Gasteiger partial charge in [0.05, 0.1) is 12.3 Å². The van der Waals surface area contributed by atoms with Crippen LogP contribution in [0, 0.1) is 17.8 Å². The molecular formula is C29H38N2O2. The van der Waals surface area contributed by atoms with Crippen LogP contribution in [0.1, 0.15) is 60.5 Å². The number of benzene rings is 2. The minimum absolute atomic E-state index is 0.388. The van der Waals surface area contributed by atoms with Gasteiger partial charge in [0.1, 0.15) is 5.75 Å². The van der Waals surface area contributed by atoms with Gasteiger partial charge in [-0.1, -0.05) is 37.3 Å². The Bertz CT molecular complexity index is 970. The first-order valence-corrected chi connectivity index (χ1v) is 12.6. The molecule has 1 saturated carbocycles. The van der Waals surface area contributed by atoms with E-state index in [1.54, 1.807) is 6.07 Å². The van der Waals surface area contributed by atoms with Crippen molar-refractivity contribution in [2.24, 2.45) is 23.5 Å². The minimum Gasteiger partial charge on any atom is -0.491 e. The zero-order valence-corrected chi connectivity index (χ0v) is 20.0. The molecule has 2 aromatic rings. The Morgan fingerprint density at radius 2 is 2.00 bits per heavy atom. The zero-order valence-electron chi connectivity index (χ0n) is 20.0. The van der Waals surface area contributed by atoms with Crippen molar-refractivity contribution in [3.05, 3.63) is 71.8 Å². The van der Waals surface area contributed by atoms with E-state index in [-0.39, 0.29) is 5.91 Å². The predicted octanol–water partition coefficient (Wildman–Crippen LogP) is 5.79. The van der Waals surface area contributed by atoms with Crippen LogP contribution in [0.25, 0.3) is 0 Å². The molecule has 1 aliphatic heterocycles. The van der Waals surface area contributed by atoms with E-state index in [4.69, 9.17) is 10.5 Å². The van der Waals surface area contributed by atoms with Crippen molar-refractivity contribution >= 4 is 11.6 Å². The van der Waals surface area contributed by atoms with E-state index in [2.05, 4.69) is 48.7 Å². The number of carbonyl (C=O) groups is 1. The molecule has 1 aliphatic carbocycles. The van der Waals surface area contributed by atoms with E-state index in [1.807, 2.05) is 12.1 Å². The SMILES string of the molecule is C=CC[C@@H]1CC[C@H]1CN1CC(CCCc2cccc(CC)c2)COc2ccc(C(N)=O)cc21. The number of primary amides is 1. The topological polar surface area (TPSA) is 55.6 Å². The Kier molecular flexibility index (Phi) is 7.74. The van der Waals surface area contributed by atoms with Crippen molar-refractivity contribution in [2.45, 2.75) is 51.9 Å². The number of nitrogens with zero attached hydrogens (tertiary/aromatic N) is 1. The Balaban J connectivity index is 1.45. The average Bonchev–Trinajstić information content (AvgIpc) is 2.99. The predicted molar refractivity (Wildman–Crippen MR) is 136 cm³/mol. The molecule has 0 aromatic heterocycles. The molecule has 1 amide bonds. The molecule has 0 saturated heterocycles. The van der Waals surface area contributed by atoms with Gasteiger partial charge < -0.3 is 15.4 Å². The van der Waals surface area contributed by atoms with Crippen molar-refractivity contribution in [1.82, 2.24) is 0 Å². The second-order valence-electron chi connectivity index (χ2n) is 9.82. The maximum absolute atomic E-state index is 11.8. The fourth-order valence-electron chi connectivity index (χ4n) is 5.34. The number of hydrogen-bond donors (Lipinski definition) is 1. The summed E-state index contributed by atoms with van der Waals surface area (Å²) in [6.07, 6.45) is 10.2. The second kappa shape index (κ2) is 10.9. The second-order valence-corrected chi connectivity index (χ2v) is 9.82. The smallest absolute Gasteiger partial charge is 0.248 e. The van der Waals surface area contributed by atoms with Crippen LogP contribution in [0.5, 0.6) is 5.75 Å². The number of allylic oxidation sites excluding steroid dienone is 1. The van der Waals surface area contributed by atoms with E-state index in [9.17, 15) is 4.79 Å². The van der Waals surface area contributed by atoms with Crippen LogP contribution in [0.4, 0.5) is 5.69 Å². The molecular weight excluding hydrogens is 408 g/mol. The number of aryl methyl sites for hydroxylation is 2. The van der Waals surface area contributed by atoms with E-state index in [1.165, 1.54) is 24.0 Å². The first-order chi connectivity index (χ1) is 16.1. The highest BCUT2D eigenvalue weighted by molar-refractivity contribution is 5.94. The molecule has 1 unspecified atom stereocenters. The molecule has 0 radical (unpaired) electrons. The maximum atomic E-state index is 11.8. The zero-order chi connectivity index (χ0) is 23.2. The normalized spacial score (nSPS) is 22.0. The molecule has 0 spiro atoms. The summed E-state index contributed by atoms with van der Waals surface area (Å²) >= 11 is 0. The fourth-order valence-corrected chi connectivity index (χ4v) is 5.34. The summed E-state index contributed by atoms with van der Waals surface area (Å²) < 4.78 is 6.26.